The van der Waals surface area contributed by atoms with E-state index in [-0.39, 0.29) is 31.6 Å². The van der Waals surface area contributed by atoms with Crippen molar-refractivity contribution < 1.29 is 30.0 Å². The minimum atomic E-state index is -0.125. The molecule has 1 aromatic heterocycles. The van der Waals surface area contributed by atoms with Crippen LogP contribution in [0.1, 0.15) is 13.8 Å². The van der Waals surface area contributed by atoms with Crippen molar-refractivity contribution >= 4 is 16.8 Å². The maximum Gasteiger partial charge on any atom is 0.155 e. The van der Waals surface area contributed by atoms with Gasteiger partial charge in [0, 0.05) is 31.9 Å². The molecule has 1 radical (unpaired) electrons. The Balaban J connectivity index is 0.000000350. The topological polar surface area (TPSA) is 63.1 Å². The number of hydrogen-bond acceptors (Lipinski definition) is 4. The summed E-state index contributed by atoms with van der Waals surface area (Å²) in [5.41, 5.74) is 5.58. The molecule has 0 aliphatic heterocycles. The monoisotopic (exact) mass is 574 g/mol. The van der Waals surface area contributed by atoms with Crippen LogP contribution in [0.15, 0.2) is 90.7 Å². The number of carbonyl (C=O) groups excluding carboxylic acids is 1. The number of rotatable bonds is 3. The van der Waals surface area contributed by atoms with Gasteiger partial charge >= 0.3 is 0 Å². The third kappa shape index (κ3) is 6.18. The van der Waals surface area contributed by atoms with Crippen LogP contribution in [0, 0.1) is 6.07 Å². The fraction of sp³-hybridized carbons (Fsp3) is 0.0800. The van der Waals surface area contributed by atoms with Gasteiger partial charge in [0.15, 0.2) is 5.78 Å². The first-order valence-corrected chi connectivity index (χ1v) is 9.21. The van der Waals surface area contributed by atoms with Gasteiger partial charge in [0.2, 0.25) is 0 Å². The van der Waals surface area contributed by atoms with Crippen LogP contribution in [0.5, 0.6) is 0 Å². The van der Waals surface area contributed by atoms with Crippen molar-refractivity contribution in [3.63, 3.8) is 0 Å². The number of aliphatic hydroxyl groups excluding tert-OH is 1. The molecule has 153 valence electrons. The van der Waals surface area contributed by atoms with Gasteiger partial charge in [-0.3, -0.25) is 14.8 Å². The first-order chi connectivity index (χ1) is 14.0. The molecule has 30 heavy (non-hydrogen) atoms. The number of hydrogen-bond donors (Lipinski definition) is 1. The van der Waals surface area contributed by atoms with E-state index in [1.165, 1.54) is 19.9 Å². The average molecular weight is 574 g/mol. The van der Waals surface area contributed by atoms with Crippen LogP contribution in [-0.4, -0.2) is 20.9 Å². The molecule has 0 amide bonds. The summed E-state index contributed by atoms with van der Waals surface area (Å²) in [6, 6.07) is 29.3. The molecule has 4 nitrogen and oxygen atoms in total. The van der Waals surface area contributed by atoms with Crippen molar-refractivity contribution in [3.05, 3.63) is 96.8 Å². The third-order valence-corrected chi connectivity index (χ3v) is 3.99. The van der Waals surface area contributed by atoms with Crippen LogP contribution in [0.4, 0.5) is 0 Å². The zero-order chi connectivity index (χ0) is 20.6. The predicted molar refractivity (Wildman–Crippen MR) is 116 cm³/mol. The largest absolute Gasteiger partial charge is 0.512 e. The molecule has 5 heteroatoms. The van der Waals surface area contributed by atoms with E-state index in [1.54, 1.807) is 0 Å². The van der Waals surface area contributed by atoms with Crippen LogP contribution >= 0.6 is 0 Å². The van der Waals surface area contributed by atoms with Gasteiger partial charge in [0.25, 0.3) is 0 Å². The Labute approximate surface area is 189 Å². The van der Waals surface area contributed by atoms with Crippen molar-refractivity contribution in [3.8, 4) is 22.5 Å². The molecule has 1 heterocycles. The van der Waals surface area contributed by atoms with E-state index in [0.717, 1.165) is 33.5 Å². The molecule has 0 fully saturated rings. The molecule has 0 unspecified atom stereocenters. The number of nitrogens with zero attached hydrogens (tertiary/aromatic N) is 2. The van der Waals surface area contributed by atoms with Crippen molar-refractivity contribution in [2.45, 2.75) is 13.8 Å². The third-order valence-electron chi connectivity index (χ3n) is 3.99. The zero-order valence-electron chi connectivity index (χ0n) is 16.7. The van der Waals surface area contributed by atoms with Gasteiger partial charge in [-0.25, -0.2) is 0 Å². The molecule has 0 spiro atoms. The van der Waals surface area contributed by atoms with Gasteiger partial charge in [0.1, 0.15) is 0 Å². The number of aliphatic hydroxyl groups is 1. The summed E-state index contributed by atoms with van der Waals surface area (Å²) >= 11 is 0. The van der Waals surface area contributed by atoms with Crippen LogP contribution in [-0.2, 0) is 24.9 Å². The van der Waals surface area contributed by atoms with Gasteiger partial charge < -0.3 is 5.11 Å². The number of fused-ring (bicyclic) bond motifs is 1. The van der Waals surface area contributed by atoms with Gasteiger partial charge in [0.05, 0.1) is 22.5 Å². The van der Waals surface area contributed by atoms with Gasteiger partial charge in [-0.2, -0.15) is 0 Å². The molecule has 0 aliphatic carbocycles. The molecule has 1 N–H and O–H groups in total. The molecule has 0 aliphatic rings. The summed E-state index contributed by atoms with van der Waals surface area (Å²) in [6.45, 7) is 2.85. The van der Waals surface area contributed by atoms with Crippen LogP contribution < -0.4 is 0 Å². The molecule has 3 aromatic carbocycles. The molecule has 0 bridgehead atoms. The Morgan fingerprint density at radius 2 is 1.40 bits per heavy atom. The molecular weight excluding hydrogens is 553 g/mol. The van der Waals surface area contributed by atoms with E-state index in [9.17, 15) is 4.79 Å². The second kappa shape index (κ2) is 11.1. The Hall–Kier alpha value is -3.14. The van der Waals surface area contributed by atoms with Crippen LogP contribution in [0.3, 0.4) is 0 Å². The zero-order valence-corrected chi connectivity index (χ0v) is 19.1. The van der Waals surface area contributed by atoms with Crippen LogP contribution in [0.2, 0.25) is 0 Å². The second-order valence-corrected chi connectivity index (χ2v) is 6.45. The first-order valence-electron chi connectivity index (χ1n) is 9.21. The number of allylic oxidation sites excluding steroid dienone is 2. The summed E-state index contributed by atoms with van der Waals surface area (Å²) in [4.78, 5) is 19.7. The van der Waals surface area contributed by atoms with E-state index in [1.807, 2.05) is 66.7 Å². The average Bonchev–Trinajstić information content (AvgIpc) is 2.73. The van der Waals surface area contributed by atoms with Gasteiger partial charge in [-0.1, -0.05) is 42.5 Å². The smallest absolute Gasteiger partial charge is 0.155 e. The van der Waals surface area contributed by atoms with Crippen molar-refractivity contribution in [1.82, 2.24) is 9.97 Å². The van der Waals surface area contributed by atoms with Gasteiger partial charge in [-0.05, 0) is 31.5 Å². The van der Waals surface area contributed by atoms with Crippen molar-refractivity contribution in [2.24, 2.45) is 0 Å². The summed E-state index contributed by atoms with van der Waals surface area (Å²) in [5, 5.41) is 8.36. The number of carbonyl (C=O) groups is 1. The van der Waals surface area contributed by atoms with Crippen molar-refractivity contribution in [1.29, 1.82) is 0 Å². The molecular formula is C25H21IrN2O2-. The molecule has 4 aromatic rings. The van der Waals surface area contributed by atoms with E-state index in [2.05, 4.69) is 18.2 Å². The minimum absolute atomic E-state index is 0. The first kappa shape index (κ1) is 23.1. The Morgan fingerprint density at radius 1 is 0.833 bits per heavy atom. The number of para-hydroxylation sites is 2. The minimum Gasteiger partial charge on any atom is -0.512 e. The number of benzene rings is 3. The predicted octanol–water partition coefficient (Wildman–Crippen LogP) is 5.80. The summed E-state index contributed by atoms with van der Waals surface area (Å²) in [6.07, 6.45) is 1.17. The second-order valence-electron chi connectivity index (χ2n) is 6.45. The Bertz CT molecular complexity index is 1060. The van der Waals surface area contributed by atoms with E-state index >= 15 is 0 Å². The maximum atomic E-state index is 10.0. The number of ketones is 1. The van der Waals surface area contributed by atoms with Gasteiger partial charge in [-0.15, -0.1) is 35.9 Å². The fourth-order valence-electron chi connectivity index (χ4n) is 2.82. The van der Waals surface area contributed by atoms with Crippen LogP contribution in [0.25, 0.3) is 33.5 Å². The van der Waals surface area contributed by atoms with E-state index < -0.39 is 0 Å². The normalized spacial score (nSPS) is 10.5. The quantitative estimate of drug-likeness (QED) is 0.191. The standard InChI is InChI=1S/C20H13N2.C5H8O2.Ir/c1-3-9-15(10-4-1)19-20(16-11-5-2-6-12-16)22-18-14-8-7-13-17(18)21-19;1-4(6)3-5(2)7;/h1-11,13-14H;3,6H,1-2H3;/q-1;;. The fourth-order valence-corrected chi connectivity index (χ4v) is 2.82. The number of aromatic nitrogens is 2. The SMILES string of the molecule is CC(=O)C=C(C)O.[Ir].[c-]1ccccc1-c1nc2ccccc2nc1-c1ccccc1. The summed E-state index contributed by atoms with van der Waals surface area (Å²) < 4.78 is 0. The van der Waals surface area contributed by atoms with Crippen molar-refractivity contribution in [2.75, 3.05) is 0 Å². The molecule has 4 rings (SSSR count). The maximum absolute atomic E-state index is 10.0. The molecule has 0 atom stereocenters. The summed E-state index contributed by atoms with van der Waals surface area (Å²) in [7, 11) is 0. The Kier molecular flexibility index (Phi) is 8.60. The Morgan fingerprint density at radius 3 is 1.90 bits per heavy atom. The molecule has 0 saturated heterocycles. The van der Waals surface area contributed by atoms with E-state index in [0.29, 0.717) is 0 Å². The molecule has 0 saturated carbocycles. The van der Waals surface area contributed by atoms with E-state index in [4.69, 9.17) is 15.1 Å². The summed E-state index contributed by atoms with van der Waals surface area (Å²) in [5.74, 6) is -0.0625.